The highest BCUT2D eigenvalue weighted by Gasteiger charge is 2.49. The van der Waals surface area contributed by atoms with Crippen molar-refractivity contribution >= 4 is 29.1 Å². The molecule has 0 aromatic rings. The highest BCUT2D eigenvalue weighted by atomic mass is 127. The van der Waals surface area contributed by atoms with E-state index in [1.54, 1.807) is 7.05 Å². The topological polar surface area (TPSA) is 50.8 Å². The molecular weight excluding hydrogens is 323 g/mol. The van der Waals surface area contributed by atoms with E-state index < -0.39 is 0 Å². The minimum atomic E-state index is -0.336. The van der Waals surface area contributed by atoms with Gasteiger partial charge >= 0.3 is 6.09 Å². The lowest BCUT2D eigenvalue weighted by atomic mass is 9.94. The van der Waals surface area contributed by atoms with Gasteiger partial charge < -0.3 is 13.1 Å². The molecule has 2 atom stereocenters. The zero-order valence-electron chi connectivity index (χ0n) is 9.37. The van der Waals surface area contributed by atoms with Crippen LogP contribution in [0.2, 0.25) is 0 Å². The van der Waals surface area contributed by atoms with E-state index in [-0.39, 0.29) is 17.7 Å². The quantitative estimate of drug-likeness (QED) is 0.788. The van der Waals surface area contributed by atoms with Gasteiger partial charge in [0.05, 0.1) is 6.61 Å². The molecule has 2 saturated heterocycles. The Kier molecular flexibility index (Phi) is 3.91. The van der Waals surface area contributed by atoms with Crippen LogP contribution in [0.25, 0.3) is 0 Å². The van der Waals surface area contributed by atoms with Gasteiger partial charge in [-0.3, -0.25) is 4.90 Å². The van der Waals surface area contributed by atoms with Crippen LogP contribution in [0, 0.1) is 0 Å². The van der Waals surface area contributed by atoms with Crippen LogP contribution in [0.15, 0.2) is 0 Å². The molecule has 6 heteroatoms. The molecule has 1 N–H and O–H groups in total. The first kappa shape index (κ1) is 12.4. The van der Waals surface area contributed by atoms with Crippen molar-refractivity contribution in [2.45, 2.75) is 30.9 Å². The Morgan fingerprint density at radius 1 is 1.69 bits per heavy atom. The Hall–Kier alpha value is -0.0800. The molecule has 2 fully saturated rings. The zero-order chi connectivity index (χ0) is 11.6. The number of nitrogens with one attached hydrogen (secondary N) is 1. The van der Waals surface area contributed by atoms with Crippen LogP contribution in [0.3, 0.4) is 0 Å². The van der Waals surface area contributed by atoms with Crippen molar-refractivity contribution in [3.05, 3.63) is 0 Å². The summed E-state index contributed by atoms with van der Waals surface area (Å²) >= 11 is 1.94. The molecule has 0 aromatic carbocycles. The molecule has 0 aromatic heterocycles. The van der Waals surface area contributed by atoms with Gasteiger partial charge in [-0.05, 0) is 19.4 Å². The maximum Gasteiger partial charge on any atom is 0.407 e. The Morgan fingerprint density at radius 2 is 2.50 bits per heavy atom. The average Bonchev–Trinajstić information content (AvgIpc) is 2.74. The number of hydrogen-bond donors (Lipinski definition) is 1. The number of ether oxygens (including phenoxy) is 1. The van der Waals surface area contributed by atoms with Gasteiger partial charge in [-0.1, -0.05) is 0 Å². The number of hydrogen-bond acceptors (Lipinski definition) is 4. The first-order valence-electron chi connectivity index (χ1n) is 5.57. The van der Waals surface area contributed by atoms with E-state index in [2.05, 4.69) is 10.2 Å². The van der Waals surface area contributed by atoms with E-state index >= 15 is 0 Å². The number of amides is 1. The molecule has 92 valence electrons. The number of rotatable bonds is 3. The Morgan fingerprint density at radius 3 is 3.19 bits per heavy atom. The van der Waals surface area contributed by atoms with Crippen molar-refractivity contribution in [3.63, 3.8) is 0 Å². The van der Waals surface area contributed by atoms with Crippen molar-refractivity contribution < 1.29 is 12.6 Å². The maximum atomic E-state index is 11.2. The monoisotopic (exact) mass is 340 g/mol. The third-order valence-electron chi connectivity index (χ3n) is 3.57. The van der Waals surface area contributed by atoms with Gasteiger partial charge in [0.1, 0.15) is 29.1 Å². The summed E-state index contributed by atoms with van der Waals surface area (Å²) in [4.78, 5) is 13.6. The largest absolute Gasteiger partial charge is 0.445 e. The van der Waals surface area contributed by atoms with E-state index in [0.717, 1.165) is 32.5 Å². The van der Waals surface area contributed by atoms with Crippen LogP contribution in [0.5, 0.6) is 0 Å². The summed E-state index contributed by atoms with van der Waals surface area (Å²) in [6.07, 6.45) is 2.92. The highest BCUT2D eigenvalue weighted by Crippen LogP contribution is 2.40. The second kappa shape index (κ2) is 5.05. The SMILES string of the molecule is CNC(=O)O[C@H]1CN2CCC[C@@]2(COI)C1. The van der Waals surface area contributed by atoms with E-state index in [1.165, 1.54) is 6.42 Å². The molecule has 0 spiro atoms. The fourth-order valence-corrected chi connectivity index (χ4v) is 3.44. The van der Waals surface area contributed by atoms with Crippen molar-refractivity contribution in [1.82, 2.24) is 10.2 Å². The molecule has 2 aliphatic rings. The second-order valence-electron chi connectivity index (χ2n) is 4.51. The highest BCUT2D eigenvalue weighted by molar-refractivity contribution is 14.1. The third kappa shape index (κ3) is 2.28. The predicted octanol–water partition coefficient (Wildman–Crippen LogP) is 1.32. The normalized spacial score (nSPS) is 33.8. The minimum absolute atomic E-state index is 0.00630. The number of nitrogens with zero attached hydrogens (tertiary/aromatic N) is 1. The smallest absolute Gasteiger partial charge is 0.407 e. The van der Waals surface area contributed by atoms with Gasteiger partial charge in [0, 0.05) is 25.6 Å². The van der Waals surface area contributed by atoms with Gasteiger partial charge in [0.25, 0.3) is 0 Å². The van der Waals surface area contributed by atoms with E-state index in [9.17, 15) is 4.79 Å². The summed E-state index contributed by atoms with van der Waals surface area (Å²) in [5, 5.41) is 2.49. The van der Waals surface area contributed by atoms with Crippen LogP contribution >= 0.6 is 23.0 Å². The predicted molar refractivity (Wildman–Crippen MR) is 67.5 cm³/mol. The van der Waals surface area contributed by atoms with Crippen molar-refractivity contribution in [2.24, 2.45) is 0 Å². The summed E-state index contributed by atoms with van der Waals surface area (Å²) in [6, 6.07) is 0. The van der Waals surface area contributed by atoms with Crippen LogP contribution in [0.1, 0.15) is 19.3 Å². The molecule has 0 radical (unpaired) electrons. The summed E-state index contributed by atoms with van der Waals surface area (Å²) in [6.45, 7) is 2.65. The van der Waals surface area contributed by atoms with E-state index in [1.807, 2.05) is 23.0 Å². The van der Waals surface area contributed by atoms with Crippen LogP contribution < -0.4 is 5.32 Å². The Balaban J connectivity index is 1.96. The van der Waals surface area contributed by atoms with Crippen LogP contribution in [0.4, 0.5) is 4.79 Å². The Labute approximate surface area is 110 Å². The first-order chi connectivity index (χ1) is 7.70. The van der Waals surface area contributed by atoms with Crippen molar-refractivity contribution in [3.8, 4) is 0 Å². The van der Waals surface area contributed by atoms with Crippen LogP contribution in [-0.2, 0) is 7.80 Å². The summed E-state index contributed by atoms with van der Waals surface area (Å²) in [7, 11) is 1.59. The van der Waals surface area contributed by atoms with Crippen LogP contribution in [-0.4, -0.2) is 49.4 Å². The molecule has 16 heavy (non-hydrogen) atoms. The first-order valence-corrected chi connectivity index (χ1v) is 6.45. The maximum absolute atomic E-state index is 11.2. The minimum Gasteiger partial charge on any atom is -0.445 e. The van der Waals surface area contributed by atoms with Gasteiger partial charge in [0.15, 0.2) is 0 Å². The number of halogens is 1. The lowest BCUT2D eigenvalue weighted by Crippen LogP contribution is -2.41. The average molecular weight is 340 g/mol. The molecule has 0 saturated carbocycles. The lowest BCUT2D eigenvalue weighted by molar-refractivity contribution is 0.101. The summed E-state index contributed by atoms with van der Waals surface area (Å²) < 4.78 is 10.6. The van der Waals surface area contributed by atoms with Gasteiger partial charge in [-0.2, -0.15) is 0 Å². The zero-order valence-corrected chi connectivity index (χ0v) is 11.5. The number of carbonyl (C=O) groups is 1. The standard InChI is InChI=1S/C10H17IN2O3/c1-12-9(14)16-8-5-10(7-15-11)3-2-4-13(10)6-8/h8H,2-7H2,1H3,(H,12,14)/t8-,10+/m1/s1. The van der Waals surface area contributed by atoms with E-state index in [4.69, 9.17) is 7.80 Å². The third-order valence-corrected chi connectivity index (χ3v) is 3.89. The number of alkyl carbamates (subject to hydrolysis) is 1. The lowest BCUT2D eigenvalue weighted by Gasteiger charge is -2.29. The summed E-state index contributed by atoms with van der Waals surface area (Å²) in [5.41, 5.74) is 0.111. The Bertz CT molecular complexity index is 277. The number of fused-ring (bicyclic) bond motifs is 1. The fourth-order valence-electron chi connectivity index (χ4n) is 2.86. The van der Waals surface area contributed by atoms with Gasteiger partial charge in [0.2, 0.25) is 0 Å². The molecule has 2 rings (SSSR count). The molecule has 0 aliphatic carbocycles. The molecule has 2 aliphatic heterocycles. The molecule has 1 amide bonds. The molecule has 2 heterocycles. The van der Waals surface area contributed by atoms with Crippen molar-refractivity contribution in [2.75, 3.05) is 26.7 Å². The summed E-state index contributed by atoms with van der Waals surface area (Å²) in [5.74, 6) is 0. The fraction of sp³-hybridized carbons (Fsp3) is 0.900. The van der Waals surface area contributed by atoms with Gasteiger partial charge in [-0.25, -0.2) is 4.79 Å². The van der Waals surface area contributed by atoms with E-state index in [0.29, 0.717) is 0 Å². The van der Waals surface area contributed by atoms with Gasteiger partial charge in [-0.15, -0.1) is 0 Å². The molecular formula is C10H17IN2O3. The molecule has 5 nitrogen and oxygen atoms in total. The second-order valence-corrected chi connectivity index (χ2v) is 5.13. The van der Waals surface area contributed by atoms with Crippen molar-refractivity contribution in [1.29, 1.82) is 0 Å². The molecule has 0 unspecified atom stereocenters. The number of carbonyl (C=O) groups excluding carboxylic acids is 1. The molecule has 0 bridgehead atoms.